The van der Waals surface area contributed by atoms with E-state index in [0.29, 0.717) is 5.56 Å². The van der Waals surface area contributed by atoms with Gasteiger partial charge in [0.2, 0.25) is 0 Å². The van der Waals surface area contributed by atoms with E-state index in [0.717, 1.165) is 17.3 Å². The number of hydrogen-bond acceptors (Lipinski definition) is 5. The first kappa shape index (κ1) is 23.5. The van der Waals surface area contributed by atoms with Gasteiger partial charge in [-0.25, -0.2) is 13.6 Å². The Balaban J connectivity index is 1.75. The predicted octanol–water partition coefficient (Wildman–Crippen LogP) is 4.11. The van der Waals surface area contributed by atoms with Crippen LogP contribution in [0.4, 0.5) is 14.6 Å². The van der Waals surface area contributed by atoms with Gasteiger partial charge in [0.25, 0.3) is 5.91 Å². The van der Waals surface area contributed by atoms with Crippen LogP contribution in [0.3, 0.4) is 0 Å². The van der Waals surface area contributed by atoms with Crippen molar-refractivity contribution in [2.75, 3.05) is 19.0 Å². The zero-order valence-electron chi connectivity index (χ0n) is 18.2. The van der Waals surface area contributed by atoms with Gasteiger partial charge in [0.15, 0.2) is 18.2 Å². The van der Waals surface area contributed by atoms with E-state index in [9.17, 15) is 23.6 Å². The summed E-state index contributed by atoms with van der Waals surface area (Å²) >= 11 is 0. The number of nitrogens with one attached hydrogen (secondary N) is 1. The average Bonchev–Trinajstić information content (AvgIpc) is 3.02. The van der Waals surface area contributed by atoms with Crippen molar-refractivity contribution >= 4 is 17.7 Å². The molecule has 1 N–H and O–H groups in total. The molecule has 7 nitrogen and oxygen atoms in total. The predicted molar refractivity (Wildman–Crippen MR) is 116 cm³/mol. The molecule has 0 unspecified atom stereocenters. The van der Waals surface area contributed by atoms with Crippen LogP contribution < -0.4 is 10.1 Å². The molecule has 3 rings (SSSR count). The number of carbonyl (C=O) groups is 2. The molecule has 0 radical (unpaired) electrons. The van der Waals surface area contributed by atoms with E-state index in [1.165, 1.54) is 31.4 Å². The third kappa shape index (κ3) is 5.18. The number of amides is 1. The van der Waals surface area contributed by atoms with Gasteiger partial charge in [0.05, 0.1) is 18.2 Å². The third-order valence-corrected chi connectivity index (χ3v) is 5.17. The molecule has 33 heavy (non-hydrogen) atoms. The third-order valence-electron chi connectivity index (χ3n) is 5.17. The van der Waals surface area contributed by atoms with Crippen LogP contribution in [0.5, 0.6) is 5.75 Å². The first-order chi connectivity index (χ1) is 15.7. The Bertz CT molecular complexity index is 1240. The number of anilines is 1. The van der Waals surface area contributed by atoms with Gasteiger partial charge in [-0.05, 0) is 55.3 Å². The number of carbonyl (C=O) groups excluding carboxylic acids is 2. The number of hydrogen-bond donors (Lipinski definition) is 1. The molecule has 0 bridgehead atoms. The fourth-order valence-corrected chi connectivity index (χ4v) is 3.28. The second kappa shape index (κ2) is 9.96. The van der Waals surface area contributed by atoms with Crippen molar-refractivity contribution in [2.45, 2.75) is 20.4 Å². The molecule has 2 aromatic carbocycles. The average molecular weight is 453 g/mol. The van der Waals surface area contributed by atoms with Crippen molar-refractivity contribution in [2.24, 2.45) is 0 Å². The number of nitrogens with zero attached hydrogens (tertiary/aromatic N) is 2. The summed E-state index contributed by atoms with van der Waals surface area (Å²) in [5, 5.41) is 12.2. The molecule has 0 saturated carbocycles. The van der Waals surface area contributed by atoms with Crippen molar-refractivity contribution in [1.82, 2.24) is 4.57 Å². The molecular weight excluding hydrogens is 432 g/mol. The number of benzene rings is 2. The Morgan fingerprint density at radius 1 is 1.12 bits per heavy atom. The van der Waals surface area contributed by atoms with Crippen molar-refractivity contribution in [3.63, 3.8) is 0 Å². The van der Waals surface area contributed by atoms with Gasteiger partial charge in [-0.3, -0.25) is 4.79 Å². The minimum absolute atomic E-state index is 0.0269. The molecule has 0 atom stereocenters. The Kier molecular flexibility index (Phi) is 7.08. The highest BCUT2D eigenvalue weighted by Crippen LogP contribution is 2.27. The molecule has 3 aromatic rings. The Morgan fingerprint density at radius 3 is 2.42 bits per heavy atom. The van der Waals surface area contributed by atoms with Gasteiger partial charge in [-0.1, -0.05) is 12.1 Å². The number of nitriles is 1. The summed E-state index contributed by atoms with van der Waals surface area (Å²) in [6.45, 7) is 3.20. The second-order valence-electron chi connectivity index (χ2n) is 7.23. The molecule has 0 fully saturated rings. The van der Waals surface area contributed by atoms with E-state index in [1.54, 1.807) is 30.5 Å². The maximum absolute atomic E-state index is 13.8. The molecule has 0 spiro atoms. The van der Waals surface area contributed by atoms with E-state index < -0.39 is 24.3 Å². The number of esters is 1. The van der Waals surface area contributed by atoms with Gasteiger partial charge >= 0.3 is 5.97 Å². The molecule has 0 aliphatic heterocycles. The van der Waals surface area contributed by atoms with Gasteiger partial charge in [0.1, 0.15) is 17.7 Å². The van der Waals surface area contributed by atoms with Gasteiger partial charge < -0.3 is 19.4 Å². The molecule has 1 heterocycles. The van der Waals surface area contributed by atoms with Crippen molar-refractivity contribution in [3.05, 3.63) is 82.0 Å². The molecule has 0 aliphatic carbocycles. The lowest BCUT2D eigenvalue weighted by Crippen LogP contribution is -2.23. The first-order valence-electron chi connectivity index (χ1n) is 9.89. The number of rotatable bonds is 7. The second-order valence-corrected chi connectivity index (χ2v) is 7.23. The smallest absolute Gasteiger partial charge is 0.338 e. The molecule has 1 amide bonds. The molecule has 1 aromatic heterocycles. The summed E-state index contributed by atoms with van der Waals surface area (Å²) in [5.41, 5.74) is 2.39. The van der Waals surface area contributed by atoms with E-state index >= 15 is 0 Å². The summed E-state index contributed by atoms with van der Waals surface area (Å²) in [6.07, 6.45) is 0. The fourth-order valence-electron chi connectivity index (χ4n) is 3.28. The maximum atomic E-state index is 13.8. The van der Waals surface area contributed by atoms with E-state index in [4.69, 9.17) is 9.47 Å². The Morgan fingerprint density at radius 2 is 1.82 bits per heavy atom. The number of halogens is 2. The number of aromatic nitrogens is 1. The zero-order valence-corrected chi connectivity index (χ0v) is 18.2. The Hall–Kier alpha value is -4.19. The van der Waals surface area contributed by atoms with Gasteiger partial charge in [-0.15, -0.1) is 0 Å². The SMILES string of the molecule is COc1ccc(C(=O)OCC(=O)Nc2c(C#N)c(C)c(C)n2Cc2ccc(F)cc2)cc1F. The highest BCUT2D eigenvalue weighted by Gasteiger charge is 2.21. The van der Waals surface area contributed by atoms with Crippen molar-refractivity contribution < 1.29 is 27.8 Å². The van der Waals surface area contributed by atoms with E-state index in [2.05, 4.69) is 11.4 Å². The van der Waals surface area contributed by atoms with Gasteiger partial charge in [0, 0.05) is 12.2 Å². The minimum atomic E-state index is -0.888. The lowest BCUT2D eigenvalue weighted by molar-refractivity contribution is -0.119. The van der Waals surface area contributed by atoms with Gasteiger partial charge in [-0.2, -0.15) is 5.26 Å². The molecule has 9 heteroatoms. The van der Waals surface area contributed by atoms with Crippen LogP contribution in [-0.4, -0.2) is 30.2 Å². The van der Waals surface area contributed by atoms with Crippen LogP contribution in [0.15, 0.2) is 42.5 Å². The van der Waals surface area contributed by atoms with E-state index in [1.807, 2.05) is 0 Å². The summed E-state index contributed by atoms with van der Waals surface area (Å²) < 4.78 is 38.5. The van der Waals surface area contributed by atoms with Crippen LogP contribution in [0.2, 0.25) is 0 Å². The normalized spacial score (nSPS) is 10.4. The molecule has 170 valence electrons. The van der Waals surface area contributed by atoms with Crippen LogP contribution in [-0.2, 0) is 16.1 Å². The highest BCUT2D eigenvalue weighted by molar-refractivity contribution is 5.96. The van der Waals surface area contributed by atoms with E-state index in [-0.39, 0.29) is 35.1 Å². The van der Waals surface area contributed by atoms with Crippen molar-refractivity contribution in [3.8, 4) is 11.8 Å². The summed E-state index contributed by atoms with van der Waals surface area (Å²) in [4.78, 5) is 24.7. The first-order valence-corrected chi connectivity index (χ1v) is 9.89. The van der Waals surface area contributed by atoms with Crippen molar-refractivity contribution in [1.29, 1.82) is 5.26 Å². The van der Waals surface area contributed by atoms with Crippen LogP contribution >= 0.6 is 0 Å². The maximum Gasteiger partial charge on any atom is 0.338 e. The standard InChI is InChI=1S/C24H21F2N3O4/c1-14-15(2)29(12-16-4-7-18(25)8-5-16)23(19(14)11-27)28-22(30)13-33-24(31)17-6-9-21(32-3)20(26)10-17/h4-10H,12-13H2,1-3H3,(H,28,30). The molecular formula is C24H21F2N3O4. The molecule has 0 saturated heterocycles. The van der Waals surface area contributed by atoms with Crippen LogP contribution in [0.1, 0.15) is 32.7 Å². The zero-order chi connectivity index (χ0) is 24.1. The monoisotopic (exact) mass is 453 g/mol. The summed E-state index contributed by atoms with van der Waals surface area (Å²) in [6, 6.07) is 11.5. The summed E-state index contributed by atoms with van der Waals surface area (Å²) in [5.74, 6) is -2.45. The lowest BCUT2D eigenvalue weighted by Gasteiger charge is -2.13. The summed E-state index contributed by atoms with van der Waals surface area (Å²) in [7, 11) is 1.30. The molecule has 0 aliphatic rings. The minimum Gasteiger partial charge on any atom is -0.494 e. The largest absolute Gasteiger partial charge is 0.494 e. The quantitative estimate of drug-likeness (QED) is 0.544. The highest BCUT2D eigenvalue weighted by atomic mass is 19.1. The van der Waals surface area contributed by atoms with Crippen LogP contribution in [0, 0.1) is 36.8 Å². The Labute approximate surface area is 189 Å². The lowest BCUT2D eigenvalue weighted by atomic mass is 10.2. The topological polar surface area (TPSA) is 93.3 Å². The number of ether oxygens (including phenoxy) is 2. The number of methoxy groups -OCH3 is 1. The van der Waals surface area contributed by atoms with Crippen LogP contribution in [0.25, 0.3) is 0 Å². The fraction of sp³-hybridized carbons (Fsp3) is 0.208.